The van der Waals surface area contributed by atoms with Crippen molar-refractivity contribution in [1.82, 2.24) is 9.88 Å². The van der Waals surface area contributed by atoms with Crippen LogP contribution in [0.4, 0.5) is 0 Å². The van der Waals surface area contributed by atoms with Gasteiger partial charge in [0.05, 0.1) is 6.04 Å². The normalized spacial score (nSPS) is 14.1. The van der Waals surface area contributed by atoms with Crippen molar-refractivity contribution in [3.8, 4) is 0 Å². The summed E-state index contributed by atoms with van der Waals surface area (Å²) in [6.07, 6.45) is 4.53. The van der Waals surface area contributed by atoms with Gasteiger partial charge in [0.15, 0.2) is 0 Å². The molecule has 2 rings (SSSR count). The number of aromatic nitrogens is 1. The van der Waals surface area contributed by atoms with Gasteiger partial charge in [-0.3, -0.25) is 9.88 Å². The SMILES string of the molecule is CCC(N)C(c1ccccc1Cl)N(C)Cc1ccncc1. The molecule has 0 spiro atoms. The quantitative estimate of drug-likeness (QED) is 0.886. The molecule has 0 aliphatic heterocycles. The van der Waals surface area contributed by atoms with Crippen molar-refractivity contribution in [1.29, 1.82) is 0 Å². The molecule has 0 radical (unpaired) electrons. The number of nitrogens with two attached hydrogens (primary N) is 1. The predicted octanol–water partition coefficient (Wildman–Crippen LogP) is 3.65. The largest absolute Gasteiger partial charge is 0.326 e. The Labute approximate surface area is 131 Å². The van der Waals surface area contributed by atoms with E-state index in [-0.39, 0.29) is 12.1 Å². The van der Waals surface area contributed by atoms with Gasteiger partial charge < -0.3 is 5.73 Å². The van der Waals surface area contributed by atoms with E-state index in [2.05, 4.69) is 29.9 Å². The van der Waals surface area contributed by atoms with Crippen LogP contribution in [-0.2, 0) is 6.54 Å². The Balaban J connectivity index is 2.26. The molecule has 4 heteroatoms. The van der Waals surface area contributed by atoms with E-state index in [0.29, 0.717) is 0 Å². The van der Waals surface area contributed by atoms with Gasteiger partial charge in [-0.25, -0.2) is 0 Å². The maximum atomic E-state index is 6.37. The molecule has 0 aliphatic rings. The molecule has 0 amide bonds. The second-order valence-electron chi connectivity index (χ2n) is 5.31. The third kappa shape index (κ3) is 4.03. The lowest BCUT2D eigenvalue weighted by Gasteiger charge is -2.33. The third-order valence-electron chi connectivity index (χ3n) is 3.76. The van der Waals surface area contributed by atoms with Crippen LogP contribution in [0.5, 0.6) is 0 Å². The van der Waals surface area contributed by atoms with Gasteiger partial charge in [0, 0.05) is 30.0 Å². The molecule has 2 aromatic rings. The fourth-order valence-electron chi connectivity index (χ4n) is 2.61. The van der Waals surface area contributed by atoms with E-state index in [9.17, 15) is 0 Å². The number of rotatable bonds is 6. The molecule has 0 saturated heterocycles. The van der Waals surface area contributed by atoms with Crippen LogP contribution < -0.4 is 5.73 Å². The molecule has 1 aromatic carbocycles. The first kappa shape index (κ1) is 16.0. The summed E-state index contributed by atoms with van der Waals surface area (Å²) in [6.45, 7) is 2.92. The van der Waals surface area contributed by atoms with Crippen LogP contribution in [-0.4, -0.2) is 23.0 Å². The highest BCUT2D eigenvalue weighted by Crippen LogP contribution is 2.30. The molecule has 1 heterocycles. The summed E-state index contributed by atoms with van der Waals surface area (Å²) in [7, 11) is 2.09. The highest BCUT2D eigenvalue weighted by Gasteiger charge is 2.25. The molecule has 2 N–H and O–H groups in total. The minimum absolute atomic E-state index is 0.0386. The predicted molar refractivity (Wildman–Crippen MR) is 88.2 cm³/mol. The molecule has 0 fully saturated rings. The van der Waals surface area contributed by atoms with Crippen molar-refractivity contribution in [2.24, 2.45) is 5.73 Å². The molecule has 2 unspecified atom stereocenters. The monoisotopic (exact) mass is 303 g/mol. The molecule has 3 nitrogen and oxygen atoms in total. The number of hydrogen-bond donors (Lipinski definition) is 1. The van der Waals surface area contributed by atoms with Crippen LogP contribution in [0.3, 0.4) is 0 Å². The van der Waals surface area contributed by atoms with E-state index in [1.807, 2.05) is 42.7 Å². The van der Waals surface area contributed by atoms with E-state index in [1.165, 1.54) is 5.56 Å². The van der Waals surface area contributed by atoms with Crippen LogP contribution in [0.25, 0.3) is 0 Å². The topological polar surface area (TPSA) is 42.1 Å². The Morgan fingerprint density at radius 1 is 1.19 bits per heavy atom. The molecule has 0 bridgehead atoms. The van der Waals surface area contributed by atoms with Gasteiger partial charge >= 0.3 is 0 Å². The number of hydrogen-bond acceptors (Lipinski definition) is 3. The Bertz CT molecular complexity index is 559. The number of halogens is 1. The number of benzene rings is 1. The van der Waals surface area contributed by atoms with Gasteiger partial charge in [-0.15, -0.1) is 0 Å². The zero-order valence-corrected chi connectivity index (χ0v) is 13.3. The van der Waals surface area contributed by atoms with E-state index < -0.39 is 0 Å². The molecule has 0 saturated carbocycles. The molecule has 0 aliphatic carbocycles. The van der Waals surface area contributed by atoms with E-state index in [1.54, 1.807) is 0 Å². The standard InChI is InChI=1S/C17H22ClN3/c1-3-16(19)17(14-6-4-5-7-15(14)18)21(2)12-13-8-10-20-11-9-13/h4-11,16-17H,3,12,19H2,1-2H3. The zero-order valence-electron chi connectivity index (χ0n) is 12.5. The molecule has 2 atom stereocenters. The van der Waals surface area contributed by atoms with E-state index in [0.717, 1.165) is 23.6 Å². The highest BCUT2D eigenvalue weighted by molar-refractivity contribution is 6.31. The maximum absolute atomic E-state index is 6.37. The third-order valence-corrected chi connectivity index (χ3v) is 4.10. The number of pyridine rings is 1. The molecule has 21 heavy (non-hydrogen) atoms. The van der Waals surface area contributed by atoms with Crippen molar-refractivity contribution in [2.45, 2.75) is 32.0 Å². The van der Waals surface area contributed by atoms with Crippen molar-refractivity contribution in [3.63, 3.8) is 0 Å². The summed E-state index contributed by atoms with van der Waals surface area (Å²) in [6, 6.07) is 12.1. The lowest BCUT2D eigenvalue weighted by atomic mass is 9.96. The number of likely N-dealkylation sites (N-methyl/N-ethyl adjacent to an activating group) is 1. The highest BCUT2D eigenvalue weighted by atomic mass is 35.5. The summed E-state index contributed by atoms with van der Waals surface area (Å²) in [5.74, 6) is 0. The van der Waals surface area contributed by atoms with Gasteiger partial charge in [0.2, 0.25) is 0 Å². The second-order valence-corrected chi connectivity index (χ2v) is 5.72. The first-order chi connectivity index (χ1) is 10.1. The Morgan fingerprint density at radius 3 is 2.48 bits per heavy atom. The van der Waals surface area contributed by atoms with Crippen LogP contribution in [0.2, 0.25) is 5.02 Å². The van der Waals surface area contributed by atoms with Gasteiger partial charge in [0.1, 0.15) is 0 Å². The van der Waals surface area contributed by atoms with E-state index >= 15 is 0 Å². The Kier molecular flexibility index (Phi) is 5.74. The van der Waals surface area contributed by atoms with Gasteiger partial charge in [0.25, 0.3) is 0 Å². The van der Waals surface area contributed by atoms with Gasteiger partial charge in [-0.05, 0) is 42.8 Å². The zero-order chi connectivity index (χ0) is 15.2. The maximum Gasteiger partial charge on any atom is 0.0514 e. The average molecular weight is 304 g/mol. The van der Waals surface area contributed by atoms with Crippen molar-refractivity contribution in [3.05, 3.63) is 64.9 Å². The average Bonchev–Trinajstić information content (AvgIpc) is 2.50. The molecule has 112 valence electrons. The second kappa shape index (κ2) is 7.55. The molecular weight excluding hydrogens is 282 g/mol. The summed E-state index contributed by atoms with van der Waals surface area (Å²) >= 11 is 6.37. The molecule has 1 aromatic heterocycles. The van der Waals surface area contributed by atoms with Crippen LogP contribution >= 0.6 is 11.6 Å². The lowest BCUT2D eigenvalue weighted by molar-refractivity contribution is 0.202. The Morgan fingerprint density at radius 2 is 1.86 bits per heavy atom. The van der Waals surface area contributed by atoms with Crippen molar-refractivity contribution in [2.75, 3.05) is 7.05 Å². The summed E-state index contributed by atoms with van der Waals surface area (Å²) in [4.78, 5) is 6.31. The fourth-order valence-corrected chi connectivity index (χ4v) is 2.86. The van der Waals surface area contributed by atoms with Crippen LogP contribution in [0.15, 0.2) is 48.8 Å². The minimum Gasteiger partial charge on any atom is -0.326 e. The lowest BCUT2D eigenvalue weighted by Crippen LogP contribution is -2.38. The number of nitrogens with zero attached hydrogens (tertiary/aromatic N) is 2. The van der Waals surface area contributed by atoms with Crippen LogP contribution in [0.1, 0.15) is 30.5 Å². The minimum atomic E-state index is 0.0386. The first-order valence-electron chi connectivity index (χ1n) is 7.22. The summed E-state index contributed by atoms with van der Waals surface area (Å²) < 4.78 is 0. The molecular formula is C17H22ClN3. The van der Waals surface area contributed by atoms with Gasteiger partial charge in [-0.1, -0.05) is 36.7 Å². The summed E-state index contributed by atoms with van der Waals surface area (Å²) in [5, 5.41) is 0.771. The van der Waals surface area contributed by atoms with Crippen molar-refractivity contribution < 1.29 is 0 Å². The van der Waals surface area contributed by atoms with Crippen LogP contribution in [0, 0.1) is 0 Å². The Hall–Kier alpha value is -1.42. The first-order valence-corrected chi connectivity index (χ1v) is 7.60. The van der Waals surface area contributed by atoms with Gasteiger partial charge in [-0.2, -0.15) is 0 Å². The fraction of sp³-hybridized carbons (Fsp3) is 0.353. The van der Waals surface area contributed by atoms with E-state index in [4.69, 9.17) is 17.3 Å². The van der Waals surface area contributed by atoms with Crippen molar-refractivity contribution >= 4 is 11.6 Å². The smallest absolute Gasteiger partial charge is 0.0514 e. The summed E-state index contributed by atoms with van der Waals surface area (Å²) in [5.41, 5.74) is 8.66.